The number of hydrogen-bond acceptors (Lipinski definition) is 4. The quantitative estimate of drug-likeness (QED) is 0.313. The molecule has 0 unspecified atom stereocenters. The smallest absolute Gasteiger partial charge is 0.217 e. The highest BCUT2D eigenvalue weighted by atomic mass is 32.2. The first kappa shape index (κ1) is 8.03. The monoisotopic (exact) mass is 172 g/mol. The fourth-order valence-electron chi connectivity index (χ4n) is 0.760. The van der Waals surface area contributed by atoms with Gasteiger partial charge in [0.05, 0.1) is 4.86 Å². The molecule has 60 valence electrons. The second kappa shape index (κ2) is 3.36. The molecule has 0 amide bonds. The predicted octanol–water partition coefficient (Wildman–Crippen LogP) is -0.655. The molecule has 4 nitrogen and oxygen atoms in total. The van der Waals surface area contributed by atoms with E-state index in [1.807, 2.05) is 0 Å². The zero-order valence-electron chi connectivity index (χ0n) is 5.74. The van der Waals surface area contributed by atoms with Gasteiger partial charge < -0.3 is 5.43 Å². The van der Waals surface area contributed by atoms with Crippen LogP contribution in [0.15, 0.2) is 23.9 Å². The number of hydrazine groups is 1. The van der Waals surface area contributed by atoms with Gasteiger partial charge in [0.1, 0.15) is 0 Å². The highest BCUT2D eigenvalue weighted by Gasteiger charge is 2.01. The molecule has 1 rings (SSSR count). The molecule has 0 aromatic heterocycles. The number of allylic oxidation sites excluding steroid dienone is 3. The van der Waals surface area contributed by atoms with Crippen molar-refractivity contribution in [2.24, 2.45) is 5.84 Å². The van der Waals surface area contributed by atoms with Crippen LogP contribution in [0.4, 0.5) is 0 Å². The zero-order valence-corrected chi connectivity index (χ0v) is 6.56. The third kappa shape index (κ3) is 1.92. The van der Waals surface area contributed by atoms with Gasteiger partial charge in [0.15, 0.2) is 0 Å². The van der Waals surface area contributed by atoms with E-state index in [1.165, 1.54) is 6.08 Å². The molecule has 0 spiro atoms. The molecule has 11 heavy (non-hydrogen) atoms. The Morgan fingerprint density at radius 3 is 2.55 bits per heavy atom. The predicted molar refractivity (Wildman–Crippen MR) is 43.1 cm³/mol. The SMILES string of the molecule is NNC1=CCC(=S(=O)=O)C=C1. The summed E-state index contributed by atoms with van der Waals surface area (Å²) in [6, 6.07) is 0. The maximum atomic E-state index is 10.4. The van der Waals surface area contributed by atoms with Crippen molar-refractivity contribution >= 4 is 15.2 Å². The van der Waals surface area contributed by atoms with Crippen molar-refractivity contribution < 1.29 is 8.42 Å². The highest BCUT2D eigenvalue weighted by molar-refractivity contribution is 7.73. The van der Waals surface area contributed by atoms with E-state index >= 15 is 0 Å². The summed E-state index contributed by atoms with van der Waals surface area (Å²) in [5.74, 6) is 5.09. The number of hydrogen-bond donors (Lipinski definition) is 2. The van der Waals surface area contributed by atoms with Gasteiger partial charge in [-0.25, -0.2) is 0 Å². The molecule has 0 radical (unpaired) electrons. The Balaban J connectivity index is 2.89. The maximum absolute atomic E-state index is 10.4. The maximum Gasteiger partial charge on any atom is 0.217 e. The molecule has 0 saturated heterocycles. The molecule has 0 aromatic carbocycles. The van der Waals surface area contributed by atoms with Crippen LogP contribution in [0.25, 0.3) is 0 Å². The molecule has 0 bridgehead atoms. The summed E-state index contributed by atoms with van der Waals surface area (Å²) in [7, 11) is -2.10. The van der Waals surface area contributed by atoms with Gasteiger partial charge in [0.25, 0.3) is 0 Å². The lowest BCUT2D eigenvalue weighted by atomic mass is 10.1. The lowest BCUT2D eigenvalue weighted by Gasteiger charge is -2.04. The van der Waals surface area contributed by atoms with E-state index in [9.17, 15) is 8.42 Å². The van der Waals surface area contributed by atoms with Crippen LogP contribution in [0, 0.1) is 0 Å². The molecular formula is C6H8N2O2S. The Morgan fingerprint density at radius 2 is 2.18 bits per heavy atom. The van der Waals surface area contributed by atoms with Crippen molar-refractivity contribution in [2.75, 3.05) is 0 Å². The van der Waals surface area contributed by atoms with E-state index in [-0.39, 0.29) is 0 Å². The normalized spacial score (nSPS) is 16.1. The van der Waals surface area contributed by atoms with Gasteiger partial charge >= 0.3 is 0 Å². The van der Waals surface area contributed by atoms with E-state index in [4.69, 9.17) is 5.84 Å². The van der Waals surface area contributed by atoms with Crippen LogP contribution in [-0.2, 0) is 10.3 Å². The lowest BCUT2D eigenvalue weighted by molar-refractivity contribution is 0.627. The van der Waals surface area contributed by atoms with Crippen LogP contribution in [-0.4, -0.2) is 13.3 Å². The third-order valence-corrected chi connectivity index (χ3v) is 2.08. The molecule has 3 N–H and O–H groups in total. The Kier molecular flexibility index (Phi) is 2.45. The summed E-state index contributed by atoms with van der Waals surface area (Å²) in [5.41, 5.74) is 3.16. The van der Waals surface area contributed by atoms with E-state index in [2.05, 4.69) is 5.43 Å². The second-order valence-corrected chi connectivity index (χ2v) is 3.04. The Morgan fingerprint density at radius 1 is 1.45 bits per heavy atom. The van der Waals surface area contributed by atoms with Crippen molar-refractivity contribution in [1.29, 1.82) is 0 Å². The molecule has 0 aliphatic heterocycles. The minimum atomic E-state index is -2.10. The van der Waals surface area contributed by atoms with Gasteiger partial charge in [-0.15, -0.1) is 0 Å². The van der Waals surface area contributed by atoms with Crippen molar-refractivity contribution in [3.05, 3.63) is 23.9 Å². The molecule has 0 atom stereocenters. The minimum Gasteiger partial charge on any atom is -0.324 e. The van der Waals surface area contributed by atoms with Crippen LogP contribution in [0.1, 0.15) is 6.42 Å². The number of rotatable bonds is 1. The van der Waals surface area contributed by atoms with Crippen LogP contribution >= 0.6 is 0 Å². The van der Waals surface area contributed by atoms with E-state index in [0.29, 0.717) is 11.3 Å². The van der Waals surface area contributed by atoms with Crippen molar-refractivity contribution in [3.63, 3.8) is 0 Å². The average molecular weight is 172 g/mol. The molecule has 0 heterocycles. The van der Waals surface area contributed by atoms with Crippen LogP contribution < -0.4 is 11.3 Å². The highest BCUT2D eigenvalue weighted by Crippen LogP contribution is 2.02. The fraction of sp³-hybridized carbons (Fsp3) is 0.167. The summed E-state index contributed by atoms with van der Waals surface area (Å²) in [6.07, 6.45) is 5.27. The molecule has 0 fully saturated rings. The second-order valence-electron chi connectivity index (χ2n) is 2.04. The molecule has 1 aliphatic rings. The molecule has 5 heteroatoms. The van der Waals surface area contributed by atoms with Crippen LogP contribution in [0.3, 0.4) is 0 Å². The van der Waals surface area contributed by atoms with Gasteiger partial charge in [-0.3, -0.25) is 5.84 Å². The fourth-order valence-corrected chi connectivity index (χ4v) is 1.16. The summed E-state index contributed by atoms with van der Waals surface area (Å²) in [4.78, 5) is 0.379. The topological polar surface area (TPSA) is 72.2 Å². The summed E-state index contributed by atoms with van der Waals surface area (Å²) >= 11 is 0. The van der Waals surface area contributed by atoms with Gasteiger partial charge in [0.2, 0.25) is 10.3 Å². The number of nitrogens with one attached hydrogen (secondary N) is 1. The Hall–Kier alpha value is -1.07. The molecule has 0 aromatic rings. The lowest BCUT2D eigenvalue weighted by Crippen LogP contribution is -2.21. The molecular weight excluding hydrogens is 164 g/mol. The van der Waals surface area contributed by atoms with E-state index < -0.39 is 10.3 Å². The van der Waals surface area contributed by atoms with Gasteiger partial charge in [-0.1, -0.05) is 6.08 Å². The third-order valence-electron chi connectivity index (χ3n) is 1.35. The first-order valence-corrected chi connectivity index (χ1v) is 4.11. The van der Waals surface area contributed by atoms with Crippen molar-refractivity contribution in [3.8, 4) is 0 Å². The summed E-state index contributed by atoms with van der Waals surface area (Å²) in [5, 5.41) is 0. The zero-order chi connectivity index (χ0) is 8.27. The standard InChI is InChI=1S/C6H8N2O2S/c7-8-5-1-3-6(4-2-5)11(9)10/h1-3,8H,4,7H2. The van der Waals surface area contributed by atoms with Crippen molar-refractivity contribution in [1.82, 2.24) is 5.43 Å². The average Bonchev–Trinajstić information content (AvgIpc) is 2.05. The minimum absolute atomic E-state index is 0.379. The van der Waals surface area contributed by atoms with Crippen molar-refractivity contribution in [2.45, 2.75) is 6.42 Å². The number of nitrogens with two attached hydrogens (primary N) is 1. The van der Waals surface area contributed by atoms with E-state index in [0.717, 1.165) is 5.70 Å². The summed E-state index contributed by atoms with van der Waals surface area (Å²) in [6.45, 7) is 0. The van der Waals surface area contributed by atoms with Gasteiger partial charge in [0, 0.05) is 12.1 Å². The van der Waals surface area contributed by atoms with Gasteiger partial charge in [-0.2, -0.15) is 8.42 Å². The van der Waals surface area contributed by atoms with E-state index in [1.54, 1.807) is 12.2 Å². The molecule has 0 saturated carbocycles. The summed E-state index contributed by atoms with van der Waals surface area (Å²) < 4.78 is 20.8. The Bertz CT molecular complexity index is 330. The van der Waals surface area contributed by atoms with Crippen LogP contribution in [0.5, 0.6) is 0 Å². The largest absolute Gasteiger partial charge is 0.324 e. The molecule has 1 aliphatic carbocycles. The first-order valence-electron chi connectivity index (χ1n) is 3.04. The van der Waals surface area contributed by atoms with Gasteiger partial charge in [-0.05, 0) is 12.2 Å². The van der Waals surface area contributed by atoms with Crippen LogP contribution in [0.2, 0.25) is 0 Å². The Labute approximate surface area is 65.9 Å². The first-order chi connectivity index (χ1) is 5.24.